The van der Waals surface area contributed by atoms with Crippen LogP contribution in [0.3, 0.4) is 0 Å². The number of carbonyl (C=O) groups is 2. The number of carbonyl (C=O) groups excluding carboxylic acids is 2. The van der Waals surface area contributed by atoms with E-state index < -0.39 is 23.9 Å². The van der Waals surface area contributed by atoms with Crippen molar-refractivity contribution >= 4 is 27.9 Å². The molecule has 2 amide bonds. The summed E-state index contributed by atoms with van der Waals surface area (Å²) in [5, 5.41) is 5.26. The quantitative estimate of drug-likeness (QED) is 0.678. The fourth-order valence-corrected chi connectivity index (χ4v) is 3.25. The zero-order valence-corrected chi connectivity index (χ0v) is 16.8. The maximum absolute atomic E-state index is 13.6. The van der Waals surface area contributed by atoms with Gasteiger partial charge in [0.1, 0.15) is 18.2 Å². The number of benzene rings is 2. The smallest absolute Gasteiger partial charge is 0.338 e. The van der Waals surface area contributed by atoms with Crippen LogP contribution in [0.2, 0.25) is 0 Å². The van der Waals surface area contributed by atoms with E-state index in [2.05, 4.69) is 26.6 Å². The molecule has 28 heavy (non-hydrogen) atoms. The lowest BCUT2D eigenvalue weighted by atomic mass is 9.95. The Bertz CT molecular complexity index is 944. The third kappa shape index (κ3) is 4.33. The van der Waals surface area contributed by atoms with Gasteiger partial charge in [0.05, 0.1) is 23.2 Å². The number of hydrogen-bond donors (Lipinski definition) is 2. The van der Waals surface area contributed by atoms with E-state index in [0.29, 0.717) is 17.0 Å². The van der Waals surface area contributed by atoms with E-state index in [1.165, 1.54) is 18.2 Å². The molecule has 0 spiro atoms. The highest BCUT2D eigenvalue weighted by Crippen LogP contribution is 2.30. The summed E-state index contributed by atoms with van der Waals surface area (Å²) in [6.45, 7) is 1.68. The molecule has 8 heteroatoms. The second-order valence-electron chi connectivity index (χ2n) is 6.17. The van der Waals surface area contributed by atoms with Crippen molar-refractivity contribution in [2.45, 2.75) is 19.6 Å². The van der Waals surface area contributed by atoms with Gasteiger partial charge >= 0.3 is 12.0 Å². The van der Waals surface area contributed by atoms with Crippen LogP contribution >= 0.6 is 15.9 Å². The molecule has 0 unspecified atom stereocenters. The highest BCUT2D eigenvalue weighted by atomic mass is 79.9. The Labute approximate surface area is 169 Å². The Morgan fingerprint density at radius 2 is 1.93 bits per heavy atom. The molecule has 0 aliphatic carbocycles. The van der Waals surface area contributed by atoms with Gasteiger partial charge in [-0.25, -0.2) is 14.0 Å². The van der Waals surface area contributed by atoms with E-state index in [-0.39, 0.29) is 16.7 Å². The third-order valence-corrected chi connectivity index (χ3v) is 4.90. The molecular weight excluding hydrogens is 431 g/mol. The van der Waals surface area contributed by atoms with E-state index in [4.69, 9.17) is 9.47 Å². The highest BCUT2D eigenvalue weighted by molar-refractivity contribution is 9.10. The normalized spacial score (nSPS) is 16.3. The number of amides is 2. The van der Waals surface area contributed by atoms with Gasteiger partial charge < -0.3 is 20.1 Å². The molecule has 3 rings (SSSR count). The average molecular weight is 449 g/mol. The van der Waals surface area contributed by atoms with E-state index in [1.807, 2.05) is 0 Å². The molecule has 0 aromatic heterocycles. The molecule has 1 aliphatic rings. The first-order chi connectivity index (χ1) is 13.4. The van der Waals surface area contributed by atoms with Crippen LogP contribution in [0.5, 0.6) is 5.75 Å². The Morgan fingerprint density at radius 1 is 1.21 bits per heavy atom. The van der Waals surface area contributed by atoms with Crippen molar-refractivity contribution in [1.82, 2.24) is 10.6 Å². The predicted octanol–water partition coefficient (Wildman–Crippen LogP) is 3.97. The largest absolute Gasteiger partial charge is 0.497 e. The van der Waals surface area contributed by atoms with Crippen LogP contribution in [-0.2, 0) is 16.1 Å². The lowest BCUT2D eigenvalue weighted by Crippen LogP contribution is -2.45. The number of hydrogen-bond acceptors (Lipinski definition) is 4. The maximum atomic E-state index is 13.6. The molecule has 1 heterocycles. The summed E-state index contributed by atoms with van der Waals surface area (Å²) < 4.78 is 24.4. The molecule has 2 aromatic rings. The third-order valence-electron chi connectivity index (χ3n) is 4.30. The zero-order chi connectivity index (χ0) is 20.3. The molecular formula is C20H18BrFN2O4. The van der Waals surface area contributed by atoms with Crippen molar-refractivity contribution in [1.29, 1.82) is 0 Å². The van der Waals surface area contributed by atoms with Crippen molar-refractivity contribution in [2.75, 3.05) is 7.11 Å². The van der Waals surface area contributed by atoms with Gasteiger partial charge in [0.15, 0.2) is 0 Å². The second-order valence-corrected chi connectivity index (χ2v) is 7.02. The molecule has 0 saturated carbocycles. The molecule has 0 fully saturated rings. The lowest BCUT2D eigenvalue weighted by Gasteiger charge is -2.28. The van der Waals surface area contributed by atoms with Crippen LogP contribution in [0, 0.1) is 5.82 Å². The average Bonchev–Trinajstić information content (AvgIpc) is 2.68. The summed E-state index contributed by atoms with van der Waals surface area (Å²) in [4.78, 5) is 24.7. The predicted molar refractivity (Wildman–Crippen MR) is 104 cm³/mol. The SMILES string of the molecule is COc1ccc(COC(=O)C2=C(C)NC(=O)N[C@H]2c2ccc(F)c(Br)c2)cc1. The van der Waals surface area contributed by atoms with Crippen LogP contribution in [0.25, 0.3) is 0 Å². The molecule has 0 saturated heterocycles. The number of urea groups is 1. The maximum Gasteiger partial charge on any atom is 0.338 e. The van der Waals surface area contributed by atoms with Crippen LogP contribution in [0.1, 0.15) is 24.1 Å². The monoisotopic (exact) mass is 448 g/mol. The number of esters is 1. The van der Waals surface area contributed by atoms with Gasteiger partial charge in [0.2, 0.25) is 0 Å². The first kappa shape index (κ1) is 19.9. The minimum Gasteiger partial charge on any atom is -0.497 e. The summed E-state index contributed by atoms with van der Waals surface area (Å²) in [7, 11) is 1.57. The summed E-state index contributed by atoms with van der Waals surface area (Å²) in [5.41, 5.74) is 1.99. The van der Waals surface area contributed by atoms with Crippen LogP contribution in [0.15, 0.2) is 58.2 Å². The van der Waals surface area contributed by atoms with E-state index in [0.717, 1.165) is 5.56 Å². The number of halogens is 2. The summed E-state index contributed by atoms with van der Waals surface area (Å²) in [6, 6.07) is 10.2. The summed E-state index contributed by atoms with van der Waals surface area (Å²) in [5.74, 6) is -0.311. The van der Waals surface area contributed by atoms with Gasteiger partial charge in [-0.3, -0.25) is 0 Å². The van der Waals surface area contributed by atoms with Gasteiger partial charge in [-0.2, -0.15) is 0 Å². The molecule has 2 aromatic carbocycles. The summed E-state index contributed by atoms with van der Waals surface area (Å²) in [6.07, 6.45) is 0. The minimum absolute atomic E-state index is 0.0629. The topological polar surface area (TPSA) is 76.7 Å². The summed E-state index contributed by atoms with van der Waals surface area (Å²) >= 11 is 3.13. The number of nitrogens with one attached hydrogen (secondary N) is 2. The first-order valence-corrected chi connectivity index (χ1v) is 9.21. The van der Waals surface area contributed by atoms with Gasteiger partial charge in [-0.05, 0) is 58.2 Å². The molecule has 6 nitrogen and oxygen atoms in total. The van der Waals surface area contributed by atoms with Crippen molar-refractivity contribution in [3.05, 3.63) is 75.2 Å². The Balaban J connectivity index is 1.82. The van der Waals surface area contributed by atoms with Crippen molar-refractivity contribution in [2.24, 2.45) is 0 Å². The van der Waals surface area contributed by atoms with Crippen molar-refractivity contribution in [3.63, 3.8) is 0 Å². The molecule has 146 valence electrons. The van der Waals surface area contributed by atoms with Gasteiger partial charge in [-0.15, -0.1) is 0 Å². The highest BCUT2D eigenvalue weighted by Gasteiger charge is 2.32. The molecule has 2 N–H and O–H groups in total. The molecule has 1 aliphatic heterocycles. The van der Waals surface area contributed by atoms with Crippen molar-refractivity contribution in [3.8, 4) is 5.75 Å². The zero-order valence-electron chi connectivity index (χ0n) is 15.2. The van der Waals surface area contributed by atoms with Gasteiger partial charge in [0, 0.05) is 5.70 Å². The fraction of sp³-hybridized carbons (Fsp3) is 0.200. The van der Waals surface area contributed by atoms with E-state index in [1.54, 1.807) is 38.3 Å². The second kappa shape index (κ2) is 8.43. The van der Waals surface area contributed by atoms with Crippen LogP contribution < -0.4 is 15.4 Å². The number of allylic oxidation sites excluding steroid dienone is 1. The fourth-order valence-electron chi connectivity index (χ4n) is 2.85. The Morgan fingerprint density at radius 3 is 2.57 bits per heavy atom. The van der Waals surface area contributed by atoms with Gasteiger partial charge in [-0.1, -0.05) is 18.2 Å². The lowest BCUT2D eigenvalue weighted by molar-refractivity contribution is -0.140. The Hall–Kier alpha value is -2.87. The van der Waals surface area contributed by atoms with Crippen molar-refractivity contribution < 1.29 is 23.5 Å². The number of rotatable bonds is 5. The van der Waals surface area contributed by atoms with E-state index in [9.17, 15) is 14.0 Å². The van der Waals surface area contributed by atoms with Crippen LogP contribution in [0.4, 0.5) is 9.18 Å². The molecule has 0 radical (unpaired) electrons. The van der Waals surface area contributed by atoms with Gasteiger partial charge in [0.25, 0.3) is 0 Å². The van der Waals surface area contributed by atoms with E-state index >= 15 is 0 Å². The number of methoxy groups -OCH3 is 1. The number of ether oxygens (including phenoxy) is 2. The molecule has 1 atom stereocenters. The minimum atomic E-state index is -0.756. The molecule has 0 bridgehead atoms. The standard InChI is InChI=1S/C20H18BrFN2O4/c1-11-17(19(25)28-10-12-3-6-14(27-2)7-4-12)18(24-20(26)23-11)13-5-8-16(22)15(21)9-13/h3-9,18H,10H2,1-2H3,(H2,23,24,26)/t18-/m0/s1. The first-order valence-electron chi connectivity index (χ1n) is 8.42. The Kier molecular flexibility index (Phi) is 5.99. The van der Waals surface area contributed by atoms with Crippen LogP contribution in [-0.4, -0.2) is 19.1 Å².